The zero-order chi connectivity index (χ0) is 19.8. The number of carbonyl (C=O) groups is 2. The monoisotopic (exact) mass is 396 g/mol. The van der Waals surface area contributed by atoms with E-state index in [-0.39, 0.29) is 22.7 Å². The Morgan fingerprint density at radius 2 is 2.07 bits per heavy atom. The maximum Gasteiger partial charge on any atom is 0.323 e. The number of aldehydes is 1. The van der Waals surface area contributed by atoms with Crippen molar-refractivity contribution in [2.45, 2.75) is 64.0 Å². The summed E-state index contributed by atoms with van der Waals surface area (Å²) in [5, 5.41) is 3.13. The van der Waals surface area contributed by atoms with Crippen LogP contribution in [0.3, 0.4) is 0 Å². The fourth-order valence-corrected chi connectivity index (χ4v) is 4.78. The highest BCUT2D eigenvalue weighted by Gasteiger charge is 2.58. The molecule has 2 fully saturated rings. The molecule has 0 unspecified atom stereocenters. The lowest BCUT2D eigenvalue weighted by molar-refractivity contribution is -0.145. The number of pyridine rings is 1. The highest BCUT2D eigenvalue weighted by Crippen LogP contribution is 2.52. The Bertz CT molecular complexity index is 730. The van der Waals surface area contributed by atoms with E-state index >= 15 is 0 Å². The number of esters is 1. The van der Waals surface area contributed by atoms with Crippen molar-refractivity contribution in [3.8, 4) is 0 Å². The molecule has 3 atom stereocenters. The zero-order valence-corrected chi connectivity index (χ0v) is 16.7. The number of aromatic nitrogens is 1. The molecule has 1 saturated heterocycles. The standard InChI is InChI=1S/C20H26ClFN2O3/c1-4-27-18(26)16-14(12-5-10-23-17(21)15(12)22)13(11-25)20(24-16)8-6-19(2,3)7-9-20/h5,10-11,13-14,16,24H,4,6-9H2,1-3H3/t13-,14+,16+/m0/s1. The van der Waals surface area contributed by atoms with Gasteiger partial charge >= 0.3 is 5.97 Å². The molecule has 148 valence electrons. The normalized spacial score (nSPS) is 28.9. The first-order chi connectivity index (χ1) is 12.7. The molecule has 0 aromatic carbocycles. The maximum absolute atomic E-state index is 14.8. The lowest BCUT2D eigenvalue weighted by Gasteiger charge is -2.44. The molecule has 1 spiro atoms. The smallest absolute Gasteiger partial charge is 0.323 e. The SMILES string of the molecule is CCOC(=O)[C@@H]1NC2(CCC(C)(C)CC2)[C@@H](C=O)[C@H]1c1ccnc(Cl)c1F. The van der Waals surface area contributed by atoms with Crippen molar-refractivity contribution in [3.63, 3.8) is 0 Å². The predicted octanol–water partition coefficient (Wildman–Crippen LogP) is 3.65. The Balaban J connectivity index is 2.05. The van der Waals surface area contributed by atoms with Crippen LogP contribution in [0.5, 0.6) is 0 Å². The predicted molar refractivity (Wildman–Crippen MR) is 100 cm³/mol. The third kappa shape index (κ3) is 3.61. The second kappa shape index (κ2) is 7.47. The van der Waals surface area contributed by atoms with Gasteiger partial charge < -0.3 is 9.53 Å². The molecule has 2 heterocycles. The molecule has 1 aliphatic heterocycles. The van der Waals surface area contributed by atoms with E-state index in [1.54, 1.807) is 6.92 Å². The molecule has 3 rings (SSSR count). The minimum Gasteiger partial charge on any atom is -0.465 e. The fourth-order valence-electron chi connectivity index (χ4n) is 4.61. The second-order valence-electron chi connectivity index (χ2n) is 8.39. The fraction of sp³-hybridized carbons (Fsp3) is 0.650. The van der Waals surface area contributed by atoms with Crippen molar-refractivity contribution in [1.82, 2.24) is 10.3 Å². The Kier molecular flexibility index (Phi) is 5.59. The van der Waals surface area contributed by atoms with Crippen LogP contribution in [0.4, 0.5) is 4.39 Å². The average molecular weight is 397 g/mol. The first-order valence-electron chi connectivity index (χ1n) is 9.44. The van der Waals surface area contributed by atoms with E-state index in [9.17, 15) is 14.0 Å². The Hall–Kier alpha value is -1.53. The topological polar surface area (TPSA) is 68.3 Å². The van der Waals surface area contributed by atoms with Gasteiger partial charge in [0.1, 0.15) is 12.3 Å². The summed E-state index contributed by atoms with van der Waals surface area (Å²) in [4.78, 5) is 28.6. The highest BCUT2D eigenvalue weighted by molar-refractivity contribution is 6.29. The number of hydrogen-bond donors (Lipinski definition) is 1. The number of carbonyl (C=O) groups excluding carboxylic acids is 2. The quantitative estimate of drug-likeness (QED) is 0.478. The lowest BCUT2D eigenvalue weighted by atomic mass is 9.64. The third-order valence-electron chi connectivity index (χ3n) is 6.25. The Labute approximate surface area is 164 Å². The summed E-state index contributed by atoms with van der Waals surface area (Å²) in [7, 11) is 0. The van der Waals surface area contributed by atoms with E-state index in [1.807, 2.05) is 0 Å². The number of rotatable bonds is 4. The van der Waals surface area contributed by atoms with E-state index in [0.717, 1.165) is 32.0 Å². The van der Waals surface area contributed by atoms with Crippen LogP contribution in [0.25, 0.3) is 0 Å². The van der Waals surface area contributed by atoms with Crippen LogP contribution in [-0.4, -0.2) is 35.4 Å². The van der Waals surface area contributed by atoms with Crippen LogP contribution in [-0.2, 0) is 14.3 Å². The average Bonchev–Trinajstić information content (AvgIpc) is 2.95. The van der Waals surface area contributed by atoms with Crippen LogP contribution in [0.1, 0.15) is 57.9 Å². The summed E-state index contributed by atoms with van der Waals surface area (Å²) in [6.45, 7) is 6.34. The Morgan fingerprint density at radius 1 is 1.41 bits per heavy atom. The van der Waals surface area contributed by atoms with Gasteiger partial charge in [0, 0.05) is 23.6 Å². The van der Waals surface area contributed by atoms with Gasteiger partial charge in [0.2, 0.25) is 0 Å². The molecule has 1 N–H and O–H groups in total. The van der Waals surface area contributed by atoms with E-state index in [2.05, 4.69) is 24.1 Å². The van der Waals surface area contributed by atoms with Gasteiger partial charge in [-0.2, -0.15) is 0 Å². The molecule has 0 amide bonds. The van der Waals surface area contributed by atoms with Crippen molar-refractivity contribution >= 4 is 23.9 Å². The molecule has 1 aromatic rings. The molecule has 0 radical (unpaired) electrons. The summed E-state index contributed by atoms with van der Waals surface area (Å²) < 4.78 is 20.0. The highest BCUT2D eigenvalue weighted by atomic mass is 35.5. The van der Waals surface area contributed by atoms with Crippen molar-refractivity contribution in [2.75, 3.05) is 6.61 Å². The van der Waals surface area contributed by atoms with E-state index in [4.69, 9.17) is 16.3 Å². The first kappa shape index (κ1) is 20.2. The van der Waals surface area contributed by atoms with E-state index in [0.29, 0.717) is 0 Å². The molecule has 1 saturated carbocycles. The summed E-state index contributed by atoms with van der Waals surface area (Å²) in [6.07, 6.45) is 5.60. The first-order valence-corrected chi connectivity index (χ1v) is 9.82. The number of halogens is 2. The summed E-state index contributed by atoms with van der Waals surface area (Å²) in [5.41, 5.74) is -0.121. The van der Waals surface area contributed by atoms with Gasteiger partial charge in [0.15, 0.2) is 11.0 Å². The Morgan fingerprint density at radius 3 is 2.67 bits per heavy atom. The number of nitrogens with zero attached hydrogens (tertiary/aromatic N) is 1. The molecule has 2 aliphatic rings. The van der Waals surface area contributed by atoms with Crippen molar-refractivity contribution in [2.24, 2.45) is 11.3 Å². The molecular weight excluding hydrogens is 371 g/mol. The number of hydrogen-bond acceptors (Lipinski definition) is 5. The molecule has 7 heteroatoms. The van der Waals surface area contributed by atoms with E-state index in [1.165, 1.54) is 12.3 Å². The van der Waals surface area contributed by atoms with Crippen LogP contribution >= 0.6 is 11.6 Å². The molecule has 1 aromatic heterocycles. The molecule has 27 heavy (non-hydrogen) atoms. The largest absolute Gasteiger partial charge is 0.465 e. The van der Waals surface area contributed by atoms with Gasteiger partial charge in [-0.1, -0.05) is 25.4 Å². The third-order valence-corrected chi connectivity index (χ3v) is 6.51. The summed E-state index contributed by atoms with van der Waals surface area (Å²) >= 11 is 5.88. The minimum atomic E-state index is -0.797. The van der Waals surface area contributed by atoms with Gasteiger partial charge in [0.05, 0.1) is 6.61 Å². The van der Waals surface area contributed by atoms with Crippen molar-refractivity contribution < 1.29 is 18.7 Å². The van der Waals surface area contributed by atoms with Crippen LogP contribution < -0.4 is 5.32 Å². The molecule has 5 nitrogen and oxygen atoms in total. The zero-order valence-electron chi connectivity index (χ0n) is 15.9. The molecule has 0 bridgehead atoms. The van der Waals surface area contributed by atoms with Gasteiger partial charge in [-0.05, 0) is 49.7 Å². The molecule has 1 aliphatic carbocycles. The number of nitrogens with one attached hydrogen (secondary N) is 1. The van der Waals surface area contributed by atoms with Gasteiger partial charge in [0.25, 0.3) is 0 Å². The van der Waals surface area contributed by atoms with Gasteiger partial charge in [-0.15, -0.1) is 0 Å². The maximum atomic E-state index is 14.8. The number of ether oxygens (including phenoxy) is 1. The van der Waals surface area contributed by atoms with Crippen LogP contribution in [0.15, 0.2) is 12.3 Å². The van der Waals surface area contributed by atoms with Gasteiger partial charge in [-0.25, -0.2) is 9.37 Å². The van der Waals surface area contributed by atoms with E-state index < -0.39 is 35.2 Å². The van der Waals surface area contributed by atoms with Crippen LogP contribution in [0.2, 0.25) is 5.15 Å². The molecular formula is C20H26ClFN2O3. The second-order valence-corrected chi connectivity index (χ2v) is 8.75. The minimum absolute atomic E-state index is 0.184. The van der Waals surface area contributed by atoms with Crippen molar-refractivity contribution in [3.05, 3.63) is 28.8 Å². The van der Waals surface area contributed by atoms with Crippen LogP contribution in [0, 0.1) is 17.2 Å². The summed E-state index contributed by atoms with van der Waals surface area (Å²) in [6, 6.07) is 0.705. The lowest BCUT2D eigenvalue weighted by Crippen LogP contribution is -2.52. The van der Waals surface area contributed by atoms with Crippen molar-refractivity contribution in [1.29, 1.82) is 0 Å². The summed E-state index contributed by atoms with van der Waals surface area (Å²) in [5.74, 6) is -2.37. The van der Waals surface area contributed by atoms with Gasteiger partial charge in [-0.3, -0.25) is 10.1 Å².